The number of hydrogen-bond donors (Lipinski definition) is 2. The predicted molar refractivity (Wildman–Crippen MR) is 73.6 cm³/mol. The van der Waals surface area contributed by atoms with Crippen molar-refractivity contribution < 1.29 is 9.84 Å². The molecule has 2 saturated carbocycles. The molecule has 0 radical (unpaired) electrons. The summed E-state index contributed by atoms with van der Waals surface area (Å²) in [6.45, 7) is 3.45. The summed E-state index contributed by atoms with van der Waals surface area (Å²) in [6, 6.07) is 0.633. The molecule has 2 fully saturated rings. The van der Waals surface area contributed by atoms with Gasteiger partial charge < -0.3 is 15.2 Å². The summed E-state index contributed by atoms with van der Waals surface area (Å²) in [7, 11) is 0. The van der Waals surface area contributed by atoms with Crippen LogP contribution in [0.4, 0.5) is 0 Å². The minimum absolute atomic E-state index is 0.347. The van der Waals surface area contributed by atoms with Crippen LogP contribution in [0, 0.1) is 5.92 Å². The van der Waals surface area contributed by atoms with Gasteiger partial charge in [0.1, 0.15) is 0 Å². The SMILES string of the molecule is CC1CCCCC1OCC(O)CNC1CCCC1. The molecule has 3 unspecified atom stereocenters. The summed E-state index contributed by atoms with van der Waals surface area (Å²) in [5.41, 5.74) is 0. The van der Waals surface area contributed by atoms with Crippen LogP contribution in [0.15, 0.2) is 0 Å². The fourth-order valence-electron chi connectivity index (χ4n) is 3.26. The standard InChI is InChI=1S/C15H29NO2/c1-12-6-2-5-9-15(12)18-11-14(17)10-16-13-7-3-4-8-13/h12-17H,2-11H2,1H3. The van der Waals surface area contributed by atoms with Crippen LogP contribution in [0.3, 0.4) is 0 Å². The molecule has 2 rings (SSSR count). The van der Waals surface area contributed by atoms with E-state index < -0.39 is 0 Å². The molecule has 3 atom stereocenters. The van der Waals surface area contributed by atoms with Gasteiger partial charge >= 0.3 is 0 Å². The van der Waals surface area contributed by atoms with Gasteiger partial charge in [-0.25, -0.2) is 0 Å². The summed E-state index contributed by atoms with van der Waals surface area (Å²) >= 11 is 0. The third-order valence-corrected chi connectivity index (χ3v) is 4.53. The second-order valence-electron chi connectivity index (χ2n) is 6.18. The third kappa shape index (κ3) is 4.52. The van der Waals surface area contributed by atoms with Crippen molar-refractivity contribution in [3.05, 3.63) is 0 Å². The van der Waals surface area contributed by atoms with E-state index >= 15 is 0 Å². The van der Waals surface area contributed by atoms with Gasteiger partial charge in [0.15, 0.2) is 0 Å². The lowest BCUT2D eigenvalue weighted by atomic mass is 9.88. The van der Waals surface area contributed by atoms with E-state index in [0.29, 0.717) is 31.2 Å². The maximum Gasteiger partial charge on any atom is 0.0897 e. The maximum atomic E-state index is 9.94. The number of aliphatic hydroxyl groups is 1. The van der Waals surface area contributed by atoms with Crippen LogP contribution >= 0.6 is 0 Å². The fourth-order valence-corrected chi connectivity index (χ4v) is 3.26. The van der Waals surface area contributed by atoms with Crippen LogP contribution in [-0.2, 0) is 4.74 Å². The average molecular weight is 255 g/mol. The summed E-state index contributed by atoms with van der Waals surface area (Å²) < 4.78 is 5.88. The zero-order valence-corrected chi connectivity index (χ0v) is 11.7. The Bertz CT molecular complexity index is 229. The Morgan fingerprint density at radius 1 is 1.11 bits per heavy atom. The van der Waals surface area contributed by atoms with E-state index in [1.807, 2.05) is 0 Å². The van der Waals surface area contributed by atoms with Crippen molar-refractivity contribution in [2.24, 2.45) is 5.92 Å². The smallest absolute Gasteiger partial charge is 0.0897 e. The van der Waals surface area contributed by atoms with Gasteiger partial charge in [0.05, 0.1) is 18.8 Å². The van der Waals surface area contributed by atoms with E-state index in [2.05, 4.69) is 12.2 Å². The van der Waals surface area contributed by atoms with E-state index in [9.17, 15) is 5.11 Å². The topological polar surface area (TPSA) is 41.5 Å². The Labute approximate surface area is 111 Å². The first-order valence-electron chi connectivity index (χ1n) is 7.78. The second-order valence-corrected chi connectivity index (χ2v) is 6.18. The van der Waals surface area contributed by atoms with Gasteiger partial charge in [0.25, 0.3) is 0 Å². The summed E-state index contributed by atoms with van der Waals surface area (Å²) in [5.74, 6) is 0.661. The Morgan fingerprint density at radius 3 is 2.50 bits per heavy atom. The molecule has 2 aliphatic rings. The van der Waals surface area contributed by atoms with Gasteiger partial charge in [-0.15, -0.1) is 0 Å². The molecule has 0 aromatic rings. The molecule has 2 aliphatic carbocycles. The van der Waals surface area contributed by atoms with E-state index in [-0.39, 0.29) is 6.10 Å². The van der Waals surface area contributed by atoms with Crippen molar-refractivity contribution in [3.8, 4) is 0 Å². The van der Waals surface area contributed by atoms with Crippen LogP contribution in [0.2, 0.25) is 0 Å². The molecule has 0 bridgehead atoms. The van der Waals surface area contributed by atoms with Crippen LogP contribution in [-0.4, -0.2) is 36.5 Å². The molecule has 0 spiro atoms. The predicted octanol–water partition coefficient (Wildman–Crippen LogP) is 2.47. The lowest BCUT2D eigenvalue weighted by Crippen LogP contribution is -2.37. The zero-order valence-electron chi connectivity index (χ0n) is 11.7. The molecule has 3 heteroatoms. The Kier molecular flexibility index (Phi) is 5.93. The first-order chi connectivity index (χ1) is 8.75. The summed E-state index contributed by atoms with van der Waals surface area (Å²) in [5, 5.41) is 13.4. The second kappa shape index (κ2) is 7.46. The van der Waals surface area contributed by atoms with Crippen molar-refractivity contribution in [3.63, 3.8) is 0 Å². The molecule has 106 valence electrons. The van der Waals surface area contributed by atoms with Gasteiger partial charge in [0.2, 0.25) is 0 Å². The van der Waals surface area contributed by atoms with Crippen molar-refractivity contribution in [2.75, 3.05) is 13.2 Å². The van der Waals surface area contributed by atoms with Crippen molar-refractivity contribution in [2.45, 2.75) is 76.5 Å². The quantitative estimate of drug-likeness (QED) is 0.766. The number of ether oxygens (including phenoxy) is 1. The largest absolute Gasteiger partial charge is 0.389 e. The lowest BCUT2D eigenvalue weighted by molar-refractivity contribution is -0.0455. The Morgan fingerprint density at radius 2 is 1.78 bits per heavy atom. The van der Waals surface area contributed by atoms with Crippen molar-refractivity contribution in [1.82, 2.24) is 5.32 Å². The molecule has 0 heterocycles. The lowest BCUT2D eigenvalue weighted by Gasteiger charge is -2.29. The number of nitrogens with one attached hydrogen (secondary N) is 1. The van der Waals surface area contributed by atoms with Crippen LogP contribution in [0.1, 0.15) is 58.3 Å². The highest BCUT2D eigenvalue weighted by atomic mass is 16.5. The minimum atomic E-state index is -0.347. The van der Waals surface area contributed by atoms with E-state index in [4.69, 9.17) is 4.74 Å². The van der Waals surface area contributed by atoms with Gasteiger partial charge in [0, 0.05) is 12.6 Å². The van der Waals surface area contributed by atoms with E-state index in [0.717, 1.165) is 0 Å². The molecule has 3 nitrogen and oxygen atoms in total. The summed E-state index contributed by atoms with van der Waals surface area (Å²) in [4.78, 5) is 0. The van der Waals surface area contributed by atoms with Crippen LogP contribution in [0.5, 0.6) is 0 Å². The molecule has 2 N–H and O–H groups in total. The number of rotatable bonds is 6. The normalized spacial score (nSPS) is 31.7. The maximum absolute atomic E-state index is 9.94. The van der Waals surface area contributed by atoms with Crippen molar-refractivity contribution in [1.29, 1.82) is 0 Å². The van der Waals surface area contributed by atoms with Gasteiger partial charge in [-0.1, -0.05) is 32.6 Å². The number of aliphatic hydroxyl groups excluding tert-OH is 1. The van der Waals surface area contributed by atoms with E-state index in [1.165, 1.54) is 51.4 Å². The molecule has 0 aliphatic heterocycles. The molecule has 0 saturated heterocycles. The molecule has 0 aromatic carbocycles. The van der Waals surface area contributed by atoms with E-state index in [1.54, 1.807) is 0 Å². The van der Waals surface area contributed by atoms with Crippen LogP contribution < -0.4 is 5.32 Å². The molecular formula is C15H29NO2. The molecule has 18 heavy (non-hydrogen) atoms. The number of hydrogen-bond acceptors (Lipinski definition) is 3. The molecule has 0 amide bonds. The highest BCUT2D eigenvalue weighted by molar-refractivity contribution is 4.76. The van der Waals surface area contributed by atoms with Gasteiger partial charge in [-0.2, -0.15) is 0 Å². The first-order valence-corrected chi connectivity index (χ1v) is 7.78. The zero-order chi connectivity index (χ0) is 12.8. The summed E-state index contributed by atoms with van der Waals surface area (Å²) in [6.07, 6.45) is 10.3. The molecule has 0 aromatic heterocycles. The Balaban J connectivity index is 1.57. The van der Waals surface area contributed by atoms with Gasteiger partial charge in [-0.3, -0.25) is 0 Å². The average Bonchev–Trinajstić information content (AvgIpc) is 2.88. The van der Waals surface area contributed by atoms with Crippen LogP contribution in [0.25, 0.3) is 0 Å². The Hall–Kier alpha value is -0.120. The molecular weight excluding hydrogens is 226 g/mol. The van der Waals surface area contributed by atoms with Crippen molar-refractivity contribution >= 4 is 0 Å². The highest BCUT2D eigenvalue weighted by Crippen LogP contribution is 2.26. The third-order valence-electron chi connectivity index (χ3n) is 4.53. The highest BCUT2D eigenvalue weighted by Gasteiger charge is 2.23. The fraction of sp³-hybridized carbons (Fsp3) is 1.00. The minimum Gasteiger partial charge on any atom is -0.389 e. The first kappa shape index (κ1) is 14.3. The monoisotopic (exact) mass is 255 g/mol. The van der Waals surface area contributed by atoms with Gasteiger partial charge in [-0.05, 0) is 31.6 Å².